The van der Waals surface area contributed by atoms with E-state index in [1.165, 1.54) is 29.2 Å². The summed E-state index contributed by atoms with van der Waals surface area (Å²) in [7, 11) is 0. The second kappa shape index (κ2) is 5.83. The summed E-state index contributed by atoms with van der Waals surface area (Å²) < 4.78 is 39.3. The van der Waals surface area contributed by atoms with Gasteiger partial charge in [-0.05, 0) is 12.0 Å². The van der Waals surface area contributed by atoms with Crippen molar-refractivity contribution >= 4 is 5.91 Å². The Balaban J connectivity index is 2.11. The lowest BCUT2D eigenvalue weighted by Gasteiger charge is -2.23. The number of aliphatic hydroxyl groups excluding tert-OH is 1. The Morgan fingerprint density at radius 2 is 2.00 bits per heavy atom. The Morgan fingerprint density at radius 1 is 1.35 bits per heavy atom. The van der Waals surface area contributed by atoms with Gasteiger partial charge in [-0.1, -0.05) is 30.3 Å². The summed E-state index contributed by atoms with van der Waals surface area (Å²) in [6.45, 7) is 0.442. The minimum absolute atomic E-state index is 0.0908. The van der Waals surface area contributed by atoms with Gasteiger partial charge in [0.05, 0.1) is 12.0 Å². The zero-order valence-electron chi connectivity index (χ0n) is 10.8. The highest BCUT2D eigenvalue weighted by molar-refractivity contribution is 5.77. The molecule has 0 spiro atoms. The lowest BCUT2D eigenvalue weighted by molar-refractivity contribution is -0.160. The number of β-amino-alcohol motifs (C(OH)–C–C–N with tert-alkyl or cyclic N) is 1. The molecule has 2 atom stereocenters. The van der Waals surface area contributed by atoms with Crippen LogP contribution in [0, 0.1) is 0 Å². The maximum atomic E-state index is 13.1. The fourth-order valence-electron chi connectivity index (χ4n) is 2.38. The van der Waals surface area contributed by atoms with Gasteiger partial charge < -0.3 is 10.0 Å². The van der Waals surface area contributed by atoms with Crippen LogP contribution >= 0.6 is 0 Å². The number of hydrogen-bond acceptors (Lipinski definition) is 2. The van der Waals surface area contributed by atoms with Gasteiger partial charge in [0.25, 0.3) is 0 Å². The van der Waals surface area contributed by atoms with Crippen LogP contribution in [-0.4, -0.2) is 41.3 Å². The van der Waals surface area contributed by atoms with Crippen LogP contribution in [0.25, 0.3) is 0 Å². The minimum Gasteiger partial charge on any atom is -0.391 e. The van der Waals surface area contributed by atoms with Crippen molar-refractivity contribution in [1.29, 1.82) is 0 Å². The van der Waals surface area contributed by atoms with Crippen LogP contribution in [0.4, 0.5) is 13.2 Å². The molecule has 0 saturated carbocycles. The van der Waals surface area contributed by atoms with Gasteiger partial charge in [-0.3, -0.25) is 4.79 Å². The average Bonchev–Trinajstić information content (AvgIpc) is 2.82. The number of alkyl halides is 3. The molecule has 1 N–H and O–H groups in total. The fourth-order valence-corrected chi connectivity index (χ4v) is 2.38. The summed E-state index contributed by atoms with van der Waals surface area (Å²) in [5.74, 6) is -2.36. The Bertz CT molecular complexity index is 461. The first-order valence-corrected chi connectivity index (χ1v) is 6.45. The lowest BCUT2D eigenvalue weighted by atomic mass is 9.94. The third-order valence-corrected chi connectivity index (χ3v) is 3.49. The molecule has 1 amide bonds. The van der Waals surface area contributed by atoms with Gasteiger partial charge in [-0.2, -0.15) is 13.2 Å². The minimum atomic E-state index is -4.46. The average molecular weight is 287 g/mol. The van der Waals surface area contributed by atoms with Crippen LogP contribution in [0.15, 0.2) is 30.3 Å². The smallest absolute Gasteiger partial charge is 0.391 e. The van der Waals surface area contributed by atoms with E-state index in [0.717, 1.165) is 0 Å². The summed E-state index contributed by atoms with van der Waals surface area (Å²) >= 11 is 0. The van der Waals surface area contributed by atoms with E-state index in [9.17, 15) is 23.1 Å². The van der Waals surface area contributed by atoms with E-state index >= 15 is 0 Å². The molecule has 110 valence electrons. The van der Waals surface area contributed by atoms with Crippen molar-refractivity contribution in [3.05, 3.63) is 35.9 Å². The van der Waals surface area contributed by atoms with Crippen molar-refractivity contribution in [3.63, 3.8) is 0 Å². The molecular weight excluding hydrogens is 271 g/mol. The van der Waals surface area contributed by atoms with Gasteiger partial charge in [0.15, 0.2) is 0 Å². The number of aliphatic hydroxyl groups is 1. The molecule has 0 aromatic heterocycles. The maximum Gasteiger partial charge on any atom is 0.396 e. The van der Waals surface area contributed by atoms with E-state index in [0.29, 0.717) is 13.0 Å². The highest BCUT2D eigenvalue weighted by atomic mass is 19.4. The summed E-state index contributed by atoms with van der Waals surface area (Å²) in [5, 5.41) is 9.34. The summed E-state index contributed by atoms with van der Waals surface area (Å²) in [4.78, 5) is 13.2. The molecule has 1 aliphatic rings. The molecule has 2 rings (SSSR count). The van der Waals surface area contributed by atoms with Crippen LogP contribution in [0.5, 0.6) is 0 Å². The fraction of sp³-hybridized carbons (Fsp3) is 0.500. The molecule has 3 nitrogen and oxygen atoms in total. The first kappa shape index (κ1) is 14.8. The quantitative estimate of drug-likeness (QED) is 0.927. The zero-order valence-corrected chi connectivity index (χ0v) is 10.8. The van der Waals surface area contributed by atoms with Crippen LogP contribution in [0.1, 0.15) is 24.3 Å². The van der Waals surface area contributed by atoms with E-state index in [1.807, 2.05) is 0 Å². The Kier molecular flexibility index (Phi) is 4.32. The first-order valence-electron chi connectivity index (χ1n) is 6.45. The molecule has 1 aliphatic heterocycles. The summed E-state index contributed by atoms with van der Waals surface area (Å²) in [6.07, 6.45) is -5.27. The molecule has 1 saturated heterocycles. The van der Waals surface area contributed by atoms with Crippen molar-refractivity contribution in [2.24, 2.45) is 0 Å². The molecule has 0 bridgehead atoms. The molecule has 0 aliphatic carbocycles. The second-order valence-corrected chi connectivity index (χ2v) is 4.99. The Morgan fingerprint density at radius 3 is 2.50 bits per heavy atom. The van der Waals surface area contributed by atoms with Crippen LogP contribution in [-0.2, 0) is 4.79 Å². The lowest BCUT2D eigenvalue weighted by Crippen LogP contribution is -2.33. The Hall–Kier alpha value is -1.56. The van der Waals surface area contributed by atoms with Crippen LogP contribution < -0.4 is 0 Å². The van der Waals surface area contributed by atoms with Gasteiger partial charge in [0.2, 0.25) is 5.91 Å². The van der Waals surface area contributed by atoms with E-state index in [2.05, 4.69) is 0 Å². The number of benzene rings is 1. The number of halogens is 3. The molecule has 1 aromatic carbocycles. The third kappa shape index (κ3) is 3.50. The van der Waals surface area contributed by atoms with E-state index < -0.39 is 30.5 Å². The molecule has 0 radical (unpaired) electrons. The molecule has 1 heterocycles. The van der Waals surface area contributed by atoms with Crippen molar-refractivity contribution in [3.8, 4) is 0 Å². The van der Waals surface area contributed by atoms with Gasteiger partial charge in [-0.25, -0.2) is 0 Å². The van der Waals surface area contributed by atoms with Gasteiger partial charge in [0.1, 0.15) is 0 Å². The molecule has 1 fully saturated rings. The largest absolute Gasteiger partial charge is 0.396 e. The highest BCUT2D eigenvalue weighted by Gasteiger charge is 2.43. The first-order chi connectivity index (χ1) is 9.38. The Labute approximate surface area is 115 Å². The van der Waals surface area contributed by atoms with Gasteiger partial charge >= 0.3 is 6.18 Å². The van der Waals surface area contributed by atoms with Crippen molar-refractivity contribution < 1.29 is 23.1 Å². The normalized spacial score (nSPS) is 21.0. The maximum absolute atomic E-state index is 13.1. The number of nitrogens with zero attached hydrogens (tertiary/aromatic N) is 1. The van der Waals surface area contributed by atoms with Crippen molar-refractivity contribution in [2.75, 3.05) is 13.1 Å². The number of amides is 1. The van der Waals surface area contributed by atoms with Crippen LogP contribution in [0.2, 0.25) is 0 Å². The van der Waals surface area contributed by atoms with Crippen molar-refractivity contribution in [2.45, 2.75) is 31.0 Å². The zero-order chi connectivity index (χ0) is 14.8. The predicted molar refractivity (Wildman–Crippen MR) is 67.1 cm³/mol. The SMILES string of the molecule is O=C(CC(c1ccccc1)C(F)(F)F)N1CC[C@@H](O)C1. The monoisotopic (exact) mass is 287 g/mol. The number of carbonyl (C=O) groups excluding carboxylic acids is 1. The standard InChI is InChI=1S/C14H16F3NO2/c15-14(16,17)12(10-4-2-1-3-5-10)8-13(20)18-7-6-11(19)9-18/h1-5,11-12,19H,6-9H2/t11-,12?/m1/s1. The van der Waals surface area contributed by atoms with Gasteiger partial charge in [-0.15, -0.1) is 0 Å². The second-order valence-electron chi connectivity index (χ2n) is 4.99. The van der Waals surface area contributed by atoms with Gasteiger partial charge in [0, 0.05) is 19.5 Å². The van der Waals surface area contributed by atoms with E-state index in [1.54, 1.807) is 6.07 Å². The molecular formula is C14H16F3NO2. The van der Waals surface area contributed by atoms with E-state index in [4.69, 9.17) is 0 Å². The third-order valence-electron chi connectivity index (χ3n) is 3.49. The molecule has 1 unspecified atom stereocenters. The summed E-state index contributed by atoms with van der Waals surface area (Å²) in [5.41, 5.74) is 0.0908. The molecule has 20 heavy (non-hydrogen) atoms. The number of hydrogen-bond donors (Lipinski definition) is 1. The predicted octanol–water partition coefficient (Wildman–Crippen LogP) is 2.32. The highest BCUT2D eigenvalue weighted by Crippen LogP contribution is 2.37. The van der Waals surface area contributed by atoms with E-state index in [-0.39, 0.29) is 12.1 Å². The van der Waals surface area contributed by atoms with Crippen LogP contribution in [0.3, 0.4) is 0 Å². The summed E-state index contributed by atoms with van der Waals surface area (Å²) in [6, 6.07) is 7.44. The number of carbonyl (C=O) groups is 1. The number of rotatable bonds is 3. The topological polar surface area (TPSA) is 40.5 Å². The molecule has 6 heteroatoms. The number of likely N-dealkylation sites (tertiary alicyclic amines) is 1. The molecule has 1 aromatic rings. The van der Waals surface area contributed by atoms with Crippen molar-refractivity contribution in [1.82, 2.24) is 4.90 Å².